The summed E-state index contributed by atoms with van der Waals surface area (Å²) in [4.78, 5) is 2.58. The highest BCUT2D eigenvalue weighted by atomic mass is 32.2. The van der Waals surface area contributed by atoms with Gasteiger partial charge in [-0.15, -0.1) is 0 Å². The average Bonchev–Trinajstić information content (AvgIpc) is 2.25. The van der Waals surface area contributed by atoms with E-state index in [0.717, 1.165) is 12.0 Å². The monoisotopic (exact) mass is 230 g/mol. The van der Waals surface area contributed by atoms with Crippen LogP contribution in [0.2, 0.25) is 0 Å². The summed E-state index contributed by atoms with van der Waals surface area (Å²) in [5.74, 6) is 3.39. The molecule has 2 nitrogen and oxygen atoms in total. The number of thioether (sulfide) groups is 1. The number of hydrogen-bond donors (Lipinski definition) is 1. The molecular formula is C12H26N2S. The summed E-state index contributed by atoms with van der Waals surface area (Å²) in [6, 6.07) is 0.755. The molecule has 1 N–H and O–H groups in total. The molecule has 0 spiro atoms. The smallest absolute Gasteiger partial charge is 0.0170 e. The molecule has 0 aromatic rings. The van der Waals surface area contributed by atoms with Crippen LogP contribution in [0.4, 0.5) is 0 Å². The highest BCUT2D eigenvalue weighted by Gasteiger charge is 2.14. The van der Waals surface area contributed by atoms with Gasteiger partial charge in [-0.1, -0.05) is 20.8 Å². The van der Waals surface area contributed by atoms with Gasteiger partial charge in [0.25, 0.3) is 0 Å². The first-order valence-corrected chi connectivity index (χ1v) is 7.41. The lowest BCUT2D eigenvalue weighted by molar-refractivity contribution is 0.244. The van der Waals surface area contributed by atoms with E-state index in [-0.39, 0.29) is 0 Å². The third-order valence-corrected chi connectivity index (χ3v) is 3.99. The van der Waals surface area contributed by atoms with Crippen molar-refractivity contribution in [3.63, 3.8) is 0 Å². The van der Waals surface area contributed by atoms with Gasteiger partial charge in [-0.05, 0) is 25.4 Å². The molecule has 0 aromatic carbocycles. The molecule has 0 aliphatic carbocycles. The molecule has 1 saturated heterocycles. The highest BCUT2D eigenvalue weighted by molar-refractivity contribution is 7.99. The lowest BCUT2D eigenvalue weighted by Gasteiger charge is -2.27. The van der Waals surface area contributed by atoms with E-state index in [1.807, 2.05) is 0 Å². The molecule has 1 aliphatic heterocycles. The minimum absolute atomic E-state index is 0.755. The van der Waals surface area contributed by atoms with Crippen LogP contribution in [0, 0.1) is 5.92 Å². The van der Waals surface area contributed by atoms with Gasteiger partial charge in [0.05, 0.1) is 0 Å². The molecule has 1 rings (SSSR count). The van der Waals surface area contributed by atoms with Crippen LogP contribution in [0.3, 0.4) is 0 Å². The van der Waals surface area contributed by atoms with Crippen molar-refractivity contribution in [2.75, 3.05) is 37.7 Å². The zero-order valence-corrected chi connectivity index (χ0v) is 11.3. The molecule has 15 heavy (non-hydrogen) atoms. The molecule has 0 saturated carbocycles. The Bertz CT molecular complexity index is 156. The van der Waals surface area contributed by atoms with E-state index in [9.17, 15) is 0 Å². The fraction of sp³-hybridized carbons (Fsp3) is 1.00. The van der Waals surface area contributed by atoms with Crippen molar-refractivity contribution in [1.82, 2.24) is 10.2 Å². The van der Waals surface area contributed by atoms with Crippen molar-refractivity contribution in [3.05, 3.63) is 0 Å². The van der Waals surface area contributed by atoms with Gasteiger partial charge < -0.3 is 10.2 Å². The van der Waals surface area contributed by atoms with Crippen LogP contribution in [0.1, 0.15) is 27.2 Å². The first kappa shape index (κ1) is 13.3. The second-order valence-corrected chi connectivity index (χ2v) is 5.95. The Labute approximate surface area is 99.2 Å². The second-order valence-electron chi connectivity index (χ2n) is 4.80. The molecule has 1 fully saturated rings. The Balaban J connectivity index is 2.14. The van der Waals surface area contributed by atoms with Gasteiger partial charge in [-0.2, -0.15) is 11.8 Å². The zero-order valence-electron chi connectivity index (χ0n) is 10.5. The van der Waals surface area contributed by atoms with Crippen LogP contribution in [0.5, 0.6) is 0 Å². The van der Waals surface area contributed by atoms with Crippen LogP contribution in [-0.4, -0.2) is 48.6 Å². The van der Waals surface area contributed by atoms with Gasteiger partial charge in [-0.25, -0.2) is 0 Å². The van der Waals surface area contributed by atoms with Crippen molar-refractivity contribution in [1.29, 1.82) is 0 Å². The van der Waals surface area contributed by atoms with E-state index in [1.54, 1.807) is 0 Å². The Hall–Kier alpha value is 0.270. The van der Waals surface area contributed by atoms with Gasteiger partial charge in [0.1, 0.15) is 0 Å². The Morgan fingerprint density at radius 1 is 1.47 bits per heavy atom. The van der Waals surface area contributed by atoms with Gasteiger partial charge in [-0.3, -0.25) is 0 Å². The number of rotatable bonds is 6. The summed E-state index contributed by atoms with van der Waals surface area (Å²) in [6.45, 7) is 11.8. The normalized spacial score (nSPS) is 22.6. The molecule has 0 radical (unpaired) electrons. The summed E-state index contributed by atoms with van der Waals surface area (Å²) in [5.41, 5.74) is 0. The number of nitrogens with one attached hydrogen (secondary N) is 1. The van der Waals surface area contributed by atoms with E-state index < -0.39 is 0 Å². The fourth-order valence-electron chi connectivity index (χ4n) is 2.04. The molecule has 1 aliphatic rings. The van der Waals surface area contributed by atoms with Crippen molar-refractivity contribution < 1.29 is 0 Å². The van der Waals surface area contributed by atoms with Gasteiger partial charge in [0, 0.05) is 30.6 Å². The summed E-state index contributed by atoms with van der Waals surface area (Å²) >= 11 is 2.10. The lowest BCUT2D eigenvalue weighted by Crippen LogP contribution is -2.40. The maximum atomic E-state index is 3.60. The second kappa shape index (κ2) is 7.53. The van der Waals surface area contributed by atoms with Crippen LogP contribution in [-0.2, 0) is 0 Å². The van der Waals surface area contributed by atoms with Crippen molar-refractivity contribution in [2.24, 2.45) is 5.92 Å². The molecule has 1 unspecified atom stereocenters. The first-order valence-electron chi connectivity index (χ1n) is 6.25. The average molecular weight is 230 g/mol. The van der Waals surface area contributed by atoms with E-state index in [0.29, 0.717) is 0 Å². The fourth-order valence-corrected chi connectivity index (χ4v) is 3.04. The number of hydrogen-bond acceptors (Lipinski definition) is 3. The van der Waals surface area contributed by atoms with Crippen LogP contribution < -0.4 is 5.32 Å². The molecule has 1 heterocycles. The minimum Gasteiger partial charge on any atom is -0.312 e. The maximum absolute atomic E-state index is 3.60. The van der Waals surface area contributed by atoms with Crippen molar-refractivity contribution in [3.8, 4) is 0 Å². The van der Waals surface area contributed by atoms with Crippen LogP contribution in [0.15, 0.2) is 0 Å². The van der Waals surface area contributed by atoms with Gasteiger partial charge in [0.2, 0.25) is 0 Å². The molecule has 0 bridgehead atoms. The summed E-state index contributed by atoms with van der Waals surface area (Å²) in [6.07, 6.45) is 1.31. The predicted octanol–water partition coefficient (Wildman–Crippen LogP) is 2.06. The predicted molar refractivity (Wildman–Crippen MR) is 70.7 cm³/mol. The van der Waals surface area contributed by atoms with Crippen LogP contribution >= 0.6 is 11.8 Å². The molecular weight excluding hydrogens is 204 g/mol. The zero-order chi connectivity index (χ0) is 11.1. The van der Waals surface area contributed by atoms with Gasteiger partial charge >= 0.3 is 0 Å². The minimum atomic E-state index is 0.755. The molecule has 3 heteroatoms. The highest BCUT2D eigenvalue weighted by Crippen LogP contribution is 2.11. The third-order valence-electron chi connectivity index (χ3n) is 2.86. The maximum Gasteiger partial charge on any atom is 0.0170 e. The molecule has 90 valence electrons. The van der Waals surface area contributed by atoms with E-state index in [1.165, 1.54) is 44.1 Å². The third kappa shape index (κ3) is 5.79. The topological polar surface area (TPSA) is 15.3 Å². The van der Waals surface area contributed by atoms with E-state index in [2.05, 4.69) is 42.7 Å². The molecule has 1 atom stereocenters. The lowest BCUT2D eigenvalue weighted by atomic mass is 10.1. The number of nitrogens with zero attached hydrogens (tertiary/aromatic N) is 1. The summed E-state index contributed by atoms with van der Waals surface area (Å²) < 4.78 is 0. The Morgan fingerprint density at radius 2 is 2.27 bits per heavy atom. The Morgan fingerprint density at radius 3 is 2.80 bits per heavy atom. The van der Waals surface area contributed by atoms with Gasteiger partial charge in [0.15, 0.2) is 0 Å². The Kier molecular flexibility index (Phi) is 6.69. The molecule has 0 amide bonds. The first-order chi connectivity index (χ1) is 7.22. The van der Waals surface area contributed by atoms with E-state index >= 15 is 0 Å². The van der Waals surface area contributed by atoms with Crippen molar-refractivity contribution >= 4 is 11.8 Å². The largest absolute Gasteiger partial charge is 0.312 e. The van der Waals surface area contributed by atoms with E-state index in [4.69, 9.17) is 0 Å². The standard InChI is InChI=1S/C12H26N2S/c1-4-14(9-11(2)3)7-5-12-10-15-8-6-13-12/h11-13H,4-10H2,1-3H3. The SMILES string of the molecule is CCN(CCC1CSCCN1)CC(C)C. The molecule has 0 aromatic heterocycles. The van der Waals surface area contributed by atoms with Crippen LogP contribution in [0.25, 0.3) is 0 Å². The summed E-state index contributed by atoms with van der Waals surface area (Å²) in [5, 5.41) is 3.60. The summed E-state index contributed by atoms with van der Waals surface area (Å²) in [7, 11) is 0. The van der Waals surface area contributed by atoms with Crippen molar-refractivity contribution in [2.45, 2.75) is 33.2 Å². The quantitative estimate of drug-likeness (QED) is 0.752.